The van der Waals surface area contributed by atoms with E-state index in [0.29, 0.717) is 0 Å². The molecule has 0 radical (unpaired) electrons. The van der Waals surface area contributed by atoms with Crippen LogP contribution in [0.2, 0.25) is 0 Å². The second-order valence-corrected chi connectivity index (χ2v) is 11.6. The molecule has 0 aliphatic heterocycles. The van der Waals surface area contributed by atoms with Crippen LogP contribution >= 0.6 is 0 Å². The molecule has 40 heavy (non-hydrogen) atoms. The minimum atomic E-state index is -1.18. The van der Waals surface area contributed by atoms with Gasteiger partial charge in [-0.15, -0.1) is 0 Å². The Balaban J connectivity index is 0.000000371. The zero-order valence-corrected chi connectivity index (χ0v) is 24.2. The summed E-state index contributed by atoms with van der Waals surface area (Å²) in [7, 11) is -0.0923. The molecular formula is C35H40O4S. The van der Waals surface area contributed by atoms with E-state index in [0.717, 1.165) is 18.8 Å². The van der Waals surface area contributed by atoms with Crippen LogP contribution in [-0.4, -0.2) is 17.7 Å². The van der Waals surface area contributed by atoms with Gasteiger partial charge in [0.15, 0.2) is 14.7 Å². The predicted molar refractivity (Wildman–Crippen MR) is 162 cm³/mol. The second kappa shape index (κ2) is 17.8. The lowest BCUT2D eigenvalue weighted by molar-refractivity contribution is -0.268. The summed E-state index contributed by atoms with van der Waals surface area (Å²) in [6.45, 7) is 3.09. The maximum atomic E-state index is 10.7. The molecule has 4 aromatic carbocycles. The van der Waals surface area contributed by atoms with E-state index in [2.05, 4.69) is 91.9 Å². The maximum Gasteiger partial charge on any atom is 0.335 e. The van der Waals surface area contributed by atoms with E-state index < -0.39 is 11.7 Å². The molecule has 0 atom stereocenters. The highest BCUT2D eigenvalue weighted by atomic mass is 32.2. The number of carboxylic acids is 1. The van der Waals surface area contributed by atoms with Crippen molar-refractivity contribution >= 4 is 16.9 Å². The monoisotopic (exact) mass is 556 g/mol. The standard InChI is InChI=1S/C28H35OS.C7H6O3/c1-2-3-4-5-6-7-8-15-24-29-25-20-22-28(23-21-25)30(26-16-11-9-12-17-26)27-18-13-10-14-19-27;8-6-4-2-1-3-5(6)7(9)10/h9-14,16-23H,2-8,15,24H2,1H3;1-4,8H,(H,9,10)/q+1;/p-1. The molecule has 0 saturated heterocycles. The summed E-state index contributed by atoms with van der Waals surface area (Å²) in [4.78, 5) is 14.2. The van der Waals surface area contributed by atoms with Gasteiger partial charge in [0.2, 0.25) is 0 Å². The van der Waals surface area contributed by atoms with Crippen LogP contribution in [0, 0.1) is 0 Å². The molecule has 0 aliphatic carbocycles. The highest BCUT2D eigenvalue weighted by Crippen LogP contribution is 2.32. The fraction of sp³-hybridized carbons (Fsp3) is 0.286. The first-order valence-corrected chi connectivity index (χ1v) is 15.4. The lowest BCUT2D eigenvalue weighted by Crippen LogP contribution is -2.04. The smallest absolute Gasteiger partial charge is 0.335 e. The van der Waals surface area contributed by atoms with Crippen LogP contribution in [-0.2, 0) is 10.9 Å². The van der Waals surface area contributed by atoms with Gasteiger partial charge < -0.3 is 14.9 Å². The summed E-state index contributed by atoms with van der Waals surface area (Å²) in [5.74, 6) is -0.646. The van der Waals surface area contributed by atoms with E-state index in [-0.39, 0.29) is 16.5 Å². The Labute approximate surface area is 242 Å². The van der Waals surface area contributed by atoms with Crippen molar-refractivity contribution in [2.75, 3.05) is 6.61 Å². The van der Waals surface area contributed by atoms with Crippen molar-refractivity contribution in [2.24, 2.45) is 0 Å². The molecule has 4 rings (SSSR count). The van der Waals surface area contributed by atoms with Gasteiger partial charge in [0, 0.05) is 0 Å². The molecule has 0 bridgehead atoms. The number of hydrogen-bond acceptors (Lipinski definition) is 3. The molecule has 0 amide bonds. The molecule has 0 saturated carbocycles. The summed E-state index contributed by atoms with van der Waals surface area (Å²) in [5, 5.41) is 19.0. The highest BCUT2D eigenvalue weighted by molar-refractivity contribution is 7.97. The van der Waals surface area contributed by atoms with Gasteiger partial charge in [-0.25, -0.2) is 4.79 Å². The topological polar surface area (TPSA) is 69.6 Å². The zero-order chi connectivity index (χ0) is 28.4. The normalized spacial score (nSPS) is 10.6. The van der Waals surface area contributed by atoms with Crippen LogP contribution in [0.1, 0.15) is 68.6 Å². The fourth-order valence-corrected chi connectivity index (χ4v) is 6.35. The van der Waals surface area contributed by atoms with Crippen molar-refractivity contribution in [3.05, 3.63) is 115 Å². The molecule has 1 N–H and O–H groups in total. The molecule has 210 valence electrons. The number of aromatic carboxylic acids is 1. The Bertz CT molecular complexity index is 1200. The Morgan fingerprint density at radius 1 is 0.650 bits per heavy atom. The van der Waals surface area contributed by atoms with Crippen LogP contribution in [0.3, 0.4) is 0 Å². The van der Waals surface area contributed by atoms with Crippen molar-refractivity contribution in [1.29, 1.82) is 0 Å². The number of para-hydroxylation sites is 1. The third-order valence-corrected chi connectivity index (χ3v) is 8.63. The molecule has 0 aromatic heterocycles. The Morgan fingerprint density at radius 3 is 1.62 bits per heavy atom. The molecule has 0 aliphatic rings. The summed E-state index contributed by atoms with van der Waals surface area (Å²) in [6, 6.07) is 35.8. The van der Waals surface area contributed by atoms with Crippen LogP contribution < -0.4 is 9.84 Å². The lowest BCUT2D eigenvalue weighted by Gasteiger charge is -2.09. The number of carbonyl (C=O) groups is 1. The average Bonchev–Trinajstić information content (AvgIpc) is 2.99. The Kier molecular flexibility index (Phi) is 13.7. The van der Waals surface area contributed by atoms with Gasteiger partial charge in [0.1, 0.15) is 5.75 Å². The van der Waals surface area contributed by atoms with E-state index in [1.54, 1.807) is 0 Å². The van der Waals surface area contributed by atoms with E-state index in [9.17, 15) is 9.90 Å². The first-order valence-electron chi connectivity index (χ1n) is 14.2. The van der Waals surface area contributed by atoms with Gasteiger partial charge in [0.25, 0.3) is 0 Å². The van der Waals surface area contributed by atoms with E-state index in [1.165, 1.54) is 83.9 Å². The lowest BCUT2D eigenvalue weighted by atomic mass is 10.1. The molecule has 5 heteroatoms. The third-order valence-electron chi connectivity index (χ3n) is 6.40. The van der Waals surface area contributed by atoms with Crippen LogP contribution in [0.4, 0.5) is 0 Å². The summed E-state index contributed by atoms with van der Waals surface area (Å²) in [6.07, 6.45) is 10.6. The first-order chi connectivity index (χ1) is 19.6. The number of benzene rings is 4. The van der Waals surface area contributed by atoms with E-state index >= 15 is 0 Å². The highest BCUT2D eigenvalue weighted by Gasteiger charge is 2.28. The third kappa shape index (κ3) is 10.5. The fourth-order valence-electron chi connectivity index (χ4n) is 4.26. The Morgan fingerprint density at radius 2 is 1.12 bits per heavy atom. The zero-order valence-electron chi connectivity index (χ0n) is 23.3. The number of unbranched alkanes of at least 4 members (excludes halogenated alkanes) is 7. The first kappa shape index (κ1) is 30.8. The van der Waals surface area contributed by atoms with Crippen molar-refractivity contribution in [1.82, 2.24) is 0 Å². The average molecular weight is 557 g/mol. The van der Waals surface area contributed by atoms with Crippen LogP contribution in [0.15, 0.2) is 124 Å². The van der Waals surface area contributed by atoms with Crippen molar-refractivity contribution < 1.29 is 19.7 Å². The van der Waals surface area contributed by atoms with Gasteiger partial charge >= 0.3 is 5.97 Å². The van der Waals surface area contributed by atoms with Gasteiger partial charge in [0.05, 0.1) is 23.1 Å². The van der Waals surface area contributed by atoms with Crippen molar-refractivity contribution in [2.45, 2.75) is 73.0 Å². The largest absolute Gasteiger partial charge is 0.872 e. The SMILES string of the molecule is CCCCCCCCCCOc1ccc([S+](c2ccccc2)c2ccccc2)cc1.O=C(O)c1ccccc1[O-]. The number of hydrogen-bond donors (Lipinski definition) is 1. The summed E-state index contributed by atoms with van der Waals surface area (Å²) >= 11 is 0. The Hall–Kier alpha value is -3.70. The van der Waals surface area contributed by atoms with E-state index in [1.807, 2.05) is 0 Å². The number of ether oxygens (including phenoxy) is 1. The number of rotatable bonds is 14. The predicted octanol–water partition coefficient (Wildman–Crippen LogP) is 8.76. The molecule has 0 fully saturated rings. The molecular weight excluding hydrogens is 516 g/mol. The van der Waals surface area contributed by atoms with Gasteiger partial charge in [-0.2, -0.15) is 0 Å². The van der Waals surface area contributed by atoms with Gasteiger partial charge in [-0.3, -0.25) is 0 Å². The minimum Gasteiger partial charge on any atom is -0.872 e. The van der Waals surface area contributed by atoms with Gasteiger partial charge in [-0.05, 0) is 61.0 Å². The van der Waals surface area contributed by atoms with Crippen molar-refractivity contribution in [3.8, 4) is 11.5 Å². The molecule has 0 unspecified atom stereocenters. The molecule has 4 nitrogen and oxygen atoms in total. The molecule has 0 spiro atoms. The number of carboxylic acid groups (broad SMARTS) is 1. The van der Waals surface area contributed by atoms with Gasteiger partial charge in [-0.1, -0.05) is 112 Å². The maximum absolute atomic E-state index is 10.7. The summed E-state index contributed by atoms with van der Waals surface area (Å²) < 4.78 is 6.00. The van der Waals surface area contributed by atoms with Crippen LogP contribution in [0.5, 0.6) is 11.5 Å². The summed E-state index contributed by atoms with van der Waals surface area (Å²) in [5.41, 5.74) is -0.178. The molecule has 0 heterocycles. The quantitative estimate of drug-likeness (QED) is 0.124. The van der Waals surface area contributed by atoms with E-state index in [4.69, 9.17) is 9.84 Å². The van der Waals surface area contributed by atoms with Crippen molar-refractivity contribution in [3.63, 3.8) is 0 Å². The van der Waals surface area contributed by atoms with Crippen LogP contribution in [0.25, 0.3) is 0 Å². The molecule has 4 aromatic rings. The minimum absolute atomic E-state index is 0.0923. The second-order valence-electron chi connectivity index (χ2n) is 9.53.